The van der Waals surface area contributed by atoms with Crippen molar-refractivity contribution in [2.45, 2.75) is 27.0 Å². The number of aromatic nitrogens is 1. The predicted octanol–water partition coefficient (Wildman–Crippen LogP) is 3.50. The minimum absolute atomic E-state index is 0.460. The fourth-order valence-corrected chi connectivity index (χ4v) is 2.63. The average molecular weight is 321 g/mol. The van der Waals surface area contributed by atoms with Crippen LogP contribution >= 0.6 is 15.9 Å². The molecular weight excluding hydrogens is 304 g/mol. The average Bonchev–Trinajstić information content (AvgIpc) is 2.37. The molecule has 2 aromatic rings. The van der Waals surface area contributed by atoms with Gasteiger partial charge in [-0.15, -0.1) is 0 Å². The number of aryl methyl sites for hydroxylation is 2. The summed E-state index contributed by atoms with van der Waals surface area (Å²) in [6.45, 7) is 5.01. The van der Waals surface area contributed by atoms with Crippen molar-refractivity contribution in [3.05, 3.63) is 57.3 Å². The van der Waals surface area contributed by atoms with E-state index in [4.69, 9.17) is 10.5 Å². The second-order valence-corrected chi connectivity index (χ2v) is 5.49. The van der Waals surface area contributed by atoms with Crippen LogP contribution in [-0.4, -0.2) is 4.98 Å². The molecule has 100 valence electrons. The van der Waals surface area contributed by atoms with E-state index in [9.17, 15) is 0 Å². The summed E-state index contributed by atoms with van der Waals surface area (Å²) in [5.41, 5.74) is 10.0. The number of nitrogens with zero attached hydrogens (tertiary/aromatic N) is 1. The van der Waals surface area contributed by atoms with Gasteiger partial charge < -0.3 is 10.5 Å². The van der Waals surface area contributed by atoms with E-state index in [1.54, 1.807) is 0 Å². The number of hydrogen-bond donors (Lipinski definition) is 1. The molecule has 1 heterocycles. The highest BCUT2D eigenvalue weighted by Gasteiger charge is 2.08. The lowest BCUT2D eigenvalue weighted by Gasteiger charge is -2.14. The highest BCUT2D eigenvalue weighted by molar-refractivity contribution is 9.10. The zero-order valence-electron chi connectivity index (χ0n) is 11.1. The maximum absolute atomic E-state index is 5.91. The molecule has 0 atom stereocenters. The van der Waals surface area contributed by atoms with Gasteiger partial charge in [0.05, 0.1) is 0 Å². The molecule has 0 radical (unpaired) electrons. The predicted molar refractivity (Wildman–Crippen MR) is 80.1 cm³/mol. The monoisotopic (exact) mass is 320 g/mol. The lowest BCUT2D eigenvalue weighted by molar-refractivity contribution is 0.300. The number of rotatable bonds is 4. The molecule has 2 N–H and O–H groups in total. The lowest BCUT2D eigenvalue weighted by atomic mass is 10.1. The minimum atomic E-state index is 0.460. The maximum atomic E-state index is 5.91. The van der Waals surface area contributed by atoms with Gasteiger partial charge in [-0.1, -0.05) is 15.9 Å². The summed E-state index contributed by atoms with van der Waals surface area (Å²) >= 11 is 3.47. The molecule has 0 aliphatic carbocycles. The van der Waals surface area contributed by atoms with Crippen LogP contribution in [0.5, 0.6) is 5.75 Å². The van der Waals surface area contributed by atoms with Gasteiger partial charge in [-0.3, -0.25) is 4.98 Å². The Morgan fingerprint density at radius 3 is 2.68 bits per heavy atom. The van der Waals surface area contributed by atoms with Gasteiger partial charge in [0.1, 0.15) is 12.4 Å². The molecule has 0 amide bonds. The normalized spacial score (nSPS) is 10.5. The first-order chi connectivity index (χ1) is 9.10. The number of benzene rings is 1. The summed E-state index contributed by atoms with van der Waals surface area (Å²) in [6.07, 6.45) is 3.66. The zero-order chi connectivity index (χ0) is 13.8. The molecule has 19 heavy (non-hydrogen) atoms. The Morgan fingerprint density at radius 2 is 2.00 bits per heavy atom. The highest BCUT2D eigenvalue weighted by Crippen LogP contribution is 2.28. The quantitative estimate of drug-likeness (QED) is 0.937. The van der Waals surface area contributed by atoms with E-state index in [0.29, 0.717) is 13.2 Å². The van der Waals surface area contributed by atoms with E-state index >= 15 is 0 Å². The molecule has 2 rings (SSSR count). The molecule has 0 saturated heterocycles. The number of nitrogens with two attached hydrogens (primary N) is 1. The largest absolute Gasteiger partial charge is 0.488 e. The van der Waals surface area contributed by atoms with Crippen molar-refractivity contribution < 1.29 is 4.74 Å². The van der Waals surface area contributed by atoms with Crippen LogP contribution in [0.15, 0.2) is 35.1 Å². The Balaban J connectivity index is 2.19. The van der Waals surface area contributed by atoms with Crippen LogP contribution in [0.4, 0.5) is 0 Å². The summed E-state index contributed by atoms with van der Waals surface area (Å²) in [5.74, 6) is 0.868. The van der Waals surface area contributed by atoms with Crippen LogP contribution in [0.2, 0.25) is 0 Å². The molecule has 1 aromatic carbocycles. The fraction of sp³-hybridized carbons (Fsp3) is 0.267. The van der Waals surface area contributed by atoms with Crippen molar-refractivity contribution >= 4 is 15.9 Å². The van der Waals surface area contributed by atoms with Crippen LogP contribution in [0.1, 0.15) is 22.3 Å². The zero-order valence-corrected chi connectivity index (χ0v) is 12.7. The number of hydrogen-bond acceptors (Lipinski definition) is 3. The Hall–Kier alpha value is -1.39. The third-order valence-corrected chi connectivity index (χ3v) is 3.31. The topological polar surface area (TPSA) is 48.1 Å². The molecule has 0 aliphatic rings. The molecule has 0 saturated carbocycles. The molecule has 0 fully saturated rings. The highest BCUT2D eigenvalue weighted by atomic mass is 79.9. The Kier molecular flexibility index (Phi) is 4.56. The third-order valence-electron chi connectivity index (χ3n) is 2.85. The molecular formula is C15H17BrN2O. The van der Waals surface area contributed by atoms with E-state index in [0.717, 1.165) is 32.5 Å². The first kappa shape index (κ1) is 14.0. The minimum Gasteiger partial charge on any atom is -0.488 e. The van der Waals surface area contributed by atoms with Gasteiger partial charge in [0.15, 0.2) is 0 Å². The van der Waals surface area contributed by atoms with Crippen molar-refractivity contribution in [2.75, 3.05) is 0 Å². The van der Waals surface area contributed by atoms with Gasteiger partial charge >= 0.3 is 0 Å². The van der Waals surface area contributed by atoms with Crippen molar-refractivity contribution in [3.63, 3.8) is 0 Å². The van der Waals surface area contributed by atoms with Crippen LogP contribution in [0, 0.1) is 13.8 Å². The van der Waals surface area contributed by atoms with E-state index in [1.165, 1.54) is 0 Å². The van der Waals surface area contributed by atoms with Gasteiger partial charge in [0, 0.05) is 34.5 Å². The summed E-state index contributed by atoms with van der Waals surface area (Å²) in [6, 6.07) is 6.10. The van der Waals surface area contributed by atoms with Gasteiger partial charge in [0.25, 0.3) is 0 Å². The fourth-order valence-electron chi connectivity index (χ4n) is 2.01. The second-order valence-electron chi connectivity index (χ2n) is 4.57. The Morgan fingerprint density at radius 1 is 1.21 bits per heavy atom. The summed E-state index contributed by atoms with van der Waals surface area (Å²) < 4.78 is 6.94. The first-order valence-corrected chi connectivity index (χ1v) is 6.92. The smallest absolute Gasteiger partial charge is 0.127 e. The van der Waals surface area contributed by atoms with E-state index in [1.807, 2.05) is 38.4 Å². The number of pyridine rings is 1. The molecule has 0 bridgehead atoms. The second kappa shape index (κ2) is 6.17. The molecule has 3 nitrogen and oxygen atoms in total. The van der Waals surface area contributed by atoms with E-state index in [-0.39, 0.29) is 0 Å². The van der Waals surface area contributed by atoms with Crippen molar-refractivity contribution in [1.29, 1.82) is 0 Å². The third kappa shape index (κ3) is 3.55. The number of halogens is 1. The lowest BCUT2D eigenvalue weighted by Crippen LogP contribution is -2.05. The molecule has 1 aromatic heterocycles. The van der Waals surface area contributed by atoms with Crippen LogP contribution in [-0.2, 0) is 13.2 Å². The first-order valence-electron chi connectivity index (χ1n) is 6.12. The molecule has 0 unspecified atom stereocenters. The van der Waals surface area contributed by atoms with Gasteiger partial charge in [-0.2, -0.15) is 0 Å². The Bertz CT molecular complexity index is 584. The number of ether oxygens (including phenoxy) is 1. The maximum Gasteiger partial charge on any atom is 0.127 e. The van der Waals surface area contributed by atoms with Crippen molar-refractivity contribution in [3.8, 4) is 5.75 Å². The van der Waals surface area contributed by atoms with Crippen LogP contribution in [0.25, 0.3) is 0 Å². The van der Waals surface area contributed by atoms with Gasteiger partial charge in [-0.25, -0.2) is 0 Å². The van der Waals surface area contributed by atoms with Crippen molar-refractivity contribution in [1.82, 2.24) is 4.98 Å². The SMILES string of the molecule is Cc1cncc(COc2c(C)cc(Br)cc2CN)c1. The van der Waals surface area contributed by atoms with Gasteiger partial charge in [-0.05, 0) is 43.2 Å². The van der Waals surface area contributed by atoms with Crippen LogP contribution in [0.3, 0.4) is 0 Å². The summed E-state index contributed by atoms with van der Waals surface area (Å²) in [7, 11) is 0. The summed E-state index contributed by atoms with van der Waals surface area (Å²) in [5, 5.41) is 0. The Labute approximate surface area is 121 Å². The molecule has 4 heteroatoms. The van der Waals surface area contributed by atoms with Gasteiger partial charge in [0.2, 0.25) is 0 Å². The molecule has 0 spiro atoms. The van der Waals surface area contributed by atoms with E-state index in [2.05, 4.69) is 27.0 Å². The standard InChI is InChI=1S/C15H17BrN2O/c1-10-3-12(8-18-7-10)9-19-15-11(2)4-14(16)5-13(15)6-17/h3-5,7-8H,6,9,17H2,1-2H3. The van der Waals surface area contributed by atoms with Crippen LogP contribution < -0.4 is 10.5 Å². The van der Waals surface area contributed by atoms with E-state index < -0.39 is 0 Å². The molecule has 0 aliphatic heterocycles. The van der Waals surface area contributed by atoms with Crippen molar-refractivity contribution in [2.24, 2.45) is 5.73 Å². The summed E-state index contributed by atoms with van der Waals surface area (Å²) in [4.78, 5) is 4.16.